The average Bonchev–Trinajstić information content (AvgIpc) is 2.64. The molecule has 1 aromatic heterocycles. The first kappa shape index (κ1) is 24.0. The van der Waals surface area contributed by atoms with Crippen molar-refractivity contribution in [2.24, 2.45) is 0 Å². The van der Waals surface area contributed by atoms with Crippen molar-refractivity contribution in [3.05, 3.63) is 47.4 Å². The summed E-state index contributed by atoms with van der Waals surface area (Å²) in [6.07, 6.45) is 4.07. The highest BCUT2D eigenvalue weighted by molar-refractivity contribution is 8.29. The van der Waals surface area contributed by atoms with Crippen molar-refractivity contribution in [2.45, 2.75) is 25.5 Å². The van der Waals surface area contributed by atoms with E-state index in [4.69, 9.17) is 8.92 Å². The largest absolute Gasteiger partial charge is 0.491 e. The molecule has 1 aromatic carbocycles. The molecule has 0 unspecified atom stereocenters. The minimum Gasteiger partial charge on any atom is -0.491 e. The summed E-state index contributed by atoms with van der Waals surface area (Å²) in [5, 5.41) is 0. The highest BCUT2D eigenvalue weighted by atomic mass is 32.3. The van der Waals surface area contributed by atoms with Crippen LogP contribution in [0.15, 0.2) is 24.3 Å². The fraction of sp³-hybridized carbons (Fsp3) is 0.429. The Morgan fingerprint density at radius 2 is 1.63 bits per heavy atom. The predicted molar refractivity (Wildman–Crippen MR) is 112 cm³/mol. The number of esters is 1. The number of carbonyl (C=O) groups is 1. The minimum atomic E-state index is -1.35. The second kappa shape index (κ2) is 9.26. The van der Waals surface area contributed by atoms with Crippen LogP contribution in [-0.4, -0.2) is 48.5 Å². The summed E-state index contributed by atoms with van der Waals surface area (Å²) < 4.78 is 59.1. The van der Waals surface area contributed by atoms with Gasteiger partial charge in [-0.05, 0) is 24.6 Å². The number of benzene rings is 1. The van der Waals surface area contributed by atoms with Gasteiger partial charge < -0.3 is 13.7 Å². The lowest BCUT2D eigenvalue weighted by atomic mass is 10.1. The van der Waals surface area contributed by atoms with Gasteiger partial charge >= 0.3 is 5.97 Å². The van der Waals surface area contributed by atoms with Gasteiger partial charge in [-0.1, -0.05) is 20.8 Å². The molecule has 1 heterocycles. The molecule has 0 bridgehead atoms. The van der Waals surface area contributed by atoms with Gasteiger partial charge in [-0.25, -0.2) is 22.9 Å². The van der Waals surface area contributed by atoms with Crippen molar-refractivity contribution < 1.29 is 31.6 Å². The van der Waals surface area contributed by atoms with E-state index in [2.05, 4.69) is 30.5 Å². The number of pyridine rings is 1. The van der Waals surface area contributed by atoms with E-state index >= 15 is 0 Å². The quantitative estimate of drug-likeness (QED) is 0.437. The highest BCUT2D eigenvalue weighted by Crippen LogP contribution is 2.53. The Morgan fingerprint density at radius 1 is 1.03 bits per heavy atom. The van der Waals surface area contributed by atoms with Crippen molar-refractivity contribution in [3.8, 4) is 17.0 Å². The number of hydrogen-bond donors (Lipinski definition) is 0. The lowest BCUT2D eigenvalue weighted by Crippen LogP contribution is -2.26. The fourth-order valence-electron chi connectivity index (χ4n) is 2.27. The summed E-state index contributed by atoms with van der Waals surface area (Å²) in [5.74, 6) is -4.03. The number of ether oxygens (including phenoxy) is 2. The van der Waals surface area contributed by atoms with Crippen LogP contribution >= 0.6 is 10.3 Å². The zero-order valence-electron chi connectivity index (χ0n) is 17.8. The number of rotatable bonds is 7. The molecule has 0 saturated heterocycles. The molecular weight excluding hydrogens is 419 g/mol. The van der Waals surface area contributed by atoms with Gasteiger partial charge in [0.25, 0.3) is 0 Å². The molecule has 30 heavy (non-hydrogen) atoms. The van der Waals surface area contributed by atoms with E-state index in [1.807, 2.05) is 12.5 Å². The number of carbonyl (C=O) groups excluding carboxylic acids is 1. The molecule has 0 amide bonds. The van der Waals surface area contributed by atoms with Crippen molar-refractivity contribution in [3.63, 3.8) is 0 Å². The SMILES string of the molecule is COC(=O)c1ccc(F)c(-c2c(F)cc(OCCOS(C)(C)C(C)(C)C)cc2F)n1. The van der Waals surface area contributed by atoms with Crippen molar-refractivity contribution in [1.29, 1.82) is 0 Å². The Hall–Kier alpha value is -2.26. The van der Waals surface area contributed by atoms with E-state index in [-0.39, 0.29) is 29.4 Å². The van der Waals surface area contributed by atoms with Crippen LogP contribution in [0.2, 0.25) is 0 Å². The molecule has 0 fully saturated rings. The van der Waals surface area contributed by atoms with Gasteiger partial charge in [0, 0.05) is 16.9 Å². The van der Waals surface area contributed by atoms with Gasteiger partial charge in [-0.3, -0.25) is 0 Å². The molecule has 0 saturated carbocycles. The van der Waals surface area contributed by atoms with Crippen LogP contribution in [0.3, 0.4) is 0 Å². The summed E-state index contributed by atoms with van der Waals surface area (Å²) in [4.78, 5) is 15.3. The van der Waals surface area contributed by atoms with E-state index in [9.17, 15) is 18.0 Å². The van der Waals surface area contributed by atoms with E-state index in [0.29, 0.717) is 0 Å². The Labute approximate surface area is 176 Å². The first-order chi connectivity index (χ1) is 13.9. The fourth-order valence-corrected chi connectivity index (χ4v) is 3.11. The summed E-state index contributed by atoms with van der Waals surface area (Å²) in [7, 11) is -0.226. The topological polar surface area (TPSA) is 57.7 Å². The number of methoxy groups -OCH3 is 1. The summed E-state index contributed by atoms with van der Waals surface area (Å²) in [6.45, 7) is 6.58. The lowest BCUT2D eigenvalue weighted by Gasteiger charge is -2.43. The van der Waals surface area contributed by atoms with Crippen LogP contribution in [0.25, 0.3) is 11.3 Å². The molecule has 0 N–H and O–H groups in total. The number of aromatic nitrogens is 1. The van der Waals surface area contributed by atoms with E-state index in [0.717, 1.165) is 31.4 Å². The number of nitrogens with zero attached hydrogens (tertiary/aromatic N) is 1. The third-order valence-corrected chi connectivity index (χ3v) is 8.40. The van der Waals surface area contributed by atoms with Crippen molar-refractivity contribution >= 4 is 16.3 Å². The van der Waals surface area contributed by atoms with Crippen LogP contribution in [0.5, 0.6) is 5.75 Å². The van der Waals surface area contributed by atoms with Gasteiger partial charge in [0.1, 0.15) is 41.2 Å². The van der Waals surface area contributed by atoms with Gasteiger partial charge in [0.15, 0.2) is 0 Å². The molecule has 2 rings (SSSR count). The zero-order chi connectivity index (χ0) is 22.7. The average molecular weight is 446 g/mol. The Kier molecular flexibility index (Phi) is 7.41. The third kappa shape index (κ3) is 5.46. The zero-order valence-corrected chi connectivity index (χ0v) is 18.7. The third-order valence-electron chi connectivity index (χ3n) is 4.70. The Morgan fingerprint density at radius 3 is 2.17 bits per heavy atom. The van der Waals surface area contributed by atoms with Crippen LogP contribution < -0.4 is 4.74 Å². The van der Waals surface area contributed by atoms with Gasteiger partial charge in [-0.15, -0.1) is 10.3 Å². The summed E-state index contributed by atoms with van der Waals surface area (Å²) in [6, 6.07) is 3.84. The standard InChI is InChI=1S/C21H26F3NO4S/c1-21(2,3)30(5,6)29-10-9-28-13-11-15(23)18(16(24)12-13)19-14(22)7-8-17(25-19)20(26)27-4/h7-8,11-12H,9-10H2,1-6H3. The molecule has 0 aliphatic rings. The molecule has 9 heteroatoms. The molecule has 166 valence electrons. The molecule has 5 nitrogen and oxygen atoms in total. The molecule has 2 aromatic rings. The molecule has 0 atom stereocenters. The Balaban J connectivity index is 2.18. The second-order valence-electron chi connectivity index (χ2n) is 7.80. The van der Waals surface area contributed by atoms with Crippen LogP contribution in [0.4, 0.5) is 13.2 Å². The number of halogens is 3. The maximum atomic E-state index is 14.6. The highest BCUT2D eigenvalue weighted by Gasteiger charge is 2.28. The lowest BCUT2D eigenvalue weighted by molar-refractivity contribution is 0.0594. The van der Waals surface area contributed by atoms with Crippen LogP contribution in [-0.2, 0) is 8.92 Å². The maximum Gasteiger partial charge on any atom is 0.356 e. The summed E-state index contributed by atoms with van der Waals surface area (Å²) in [5.41, 5.74) is -1.59. The van der Waals surface area contributed by atoms with Gasteiger partial charge in [0.2, 0.25) is 0 Å². The van der Waals surface area contributed by atoms with Crippen molar-refractivity contribution in [1.82, 2.24) is 4.98 Å². The molecule has 0 spiro atoms. The van der Waals surface area contributed by atoms with E-state index in [1.165, 1.54) is 0 Å². The molecule has 0 radical (unpaired) electrons. The maximum absolute atomic E-state index is 14.6. The monoisotopic (exact) mass is 445 g/mol. The first-order valence-corrected chi connectivity index (χ1v) is 11.5. The molecule has 0 aliphatic carbocycles. The normalized spacial score (nSPS) is 12.6. The van der Waals surface area contributed by atoms with Crippen molar-refractivity contribution in [2.75, 3.05) is 32.8 Å². The van der Waals surface area contributed by atoms with Crippen LogP contribution in [0, 0.1) is 17.5 Å². The van der Waals surface area contributed by atoms with E-state index < -0.39 is 45.0 Å². The van der Waals surface area contributed by atoms with Gasteiger partial charge in [0.05, 0.1) is 19.3 Å². The van der Waals surface area contributed by atoms with E-state index in [1.54, 1.807) is 0 Å². The molecular formula is C21H26F3NO4S. The number of hydrogen-bond acceptors (Lipinski definition) is 5. The van der Waals surface area contributed by atoms with Gasteiger partial charge in [-0.2, -0.15) is 0 Å². The Bertz CT molecular complexity index is 906. The summed E-state index contributed by atoms with van der Waals surface area (Å²) >= 11 is 0. The molecule has 0 aliphatic heterocycles. The smallest absolute Gasteiger partial charge is 0.356 e. The minimum absolute atomic E-state index is 0.0251. The second-order valence-corrected chi connectivity index (χ2v) is 11.7. The first-order valence-electron chi connectivity index (χ1n) is 9.11. The predicted octanol–water partition coefficient (Wildman–Crippen LogP) is 5.13. The van der Waals surface area contributed by atoms with Crippen LogP contribution in [0.1, 0.15) is 31.3 Å².